The van der Waals surface area contributed by atoms with E-state index in [-0.39, 0.29) is 38.6 Å². The van der Waals surface area contributed by atoms with Crippen LogP contribution in [0.3, 0.4) is 0 Å². The van der Waals surface area contributed by atoms with Gasteiger partial charge in [0.05, 0.1) is 13.2 Å². The second kappa shape index (κ2) is 64.4. The maximum Gasteiger partial charge on any atom is 0.472 e. The number of phosphoric ester groups is 1. The molecule has 0 saturated heterocycles. The molecule has 0 radical (unpaired) electrons. The number of carbonyl (C=O) groups is 2. The predicted molar refractivity (Wildman–Crippen MR) is 339 cm³/mol. The lowest BCUT2D eigenvalue weighted by Gasteiger charge is -2.19. The van der Waals surface area contributed by atoms with Crippen LogP contribution in [0, 0.1) is 0 Å². The summed E-state index contributed by atoms with van der Waals surface area (Å²) in [6.07, 6.45) is 85.3. The zero-order valence-electron chi connectivity index (χ0n) is 51.3. The number of hydrogen-bond donors (Lipinski definition) is 2. The van der Waals surface area contributed by atoms with Gasteiger partial charge in [0.25, 0.3) is 0 Å². The van der Waals surface area contributed by atoms with E-state index in [4.69, 9.17) is 24.3 Å². The second-order valence-corrected chi connectivity index (χ2v) is 23.4. The lowest BCUT2D eigenvalue weighted by atomic mass is 10.0. The highest BCUT2D eigenvalue weighted by molar-refractivity contribution is 7.47. The van der Waals surface area contributed by atoms with Crippen LogP contribution in [0.25, 0.3) is 0 Å². The van der Waals surface area contributed by atoms with Crippen molar-refractivity contribution in [3.63, 3.8) is 0 Å². The van der Waals surface area contributed by atoms with Gasteiger partial charge in [-0.1, -0.05) is 292 Å². The van der Waals surface area contributed by atoms with Gasteiger partial charge in [-0.05, 0) is 89.9 Å². The number of phosphoric acid groups is 1. The van der Waals surface area contributed by atoms with Gasteiger partial charge in [-0.15, -0.1) is 0 Å². The molecule has 2 unspecified atom stereocenters. The van der Waals surface area contributed by atoms with Crippen molar-refractivity contribution in [2.45, 2.75) is 315 Å². The average Bonchev–Trinajstić information content (AvgIpc) is 3.44. The Labute approximate surface area is 487 Å². The van der Waals surface area contributed by atoms with Gasteiger partial charge in [0, 0.05) is 19.4 Å². The molecule has 10 heteroatoms. The third-order valence-electron chi connectivity index (χ3n) is 14.3. The van der Waals surface area contributed by atoms with Crippen LogP contribution >= 0.6 is 7.82 Å². The number of hydrogen-bond acceptors (Lipinski definition) is 8. The predicted octanol–water partition coefficient (Wildman–Crippen LogP) is 21.4. The minimum Gasteiger partial charge on any atom is -0.462 e. The zero-order valence-corrected chi connectivity index (χ0v) is 52.2. The Balaban J connectivity index is 3.84. The molecule has 0 fully saturated rings. The highest BCUT2D eigenvalue weighted by atomic mass is 31.2. The molecule has 0 heterocycles. The Morgan fingerprint density at radius 3 is 1.04 bits per heavy atom. The molecule has 0 aromatic carbocycles. The van der Waals surface area contributed by atoms with E-state index in [2.05, 4.69) is 98.9 Å². The van der Waals surface area contributed by atoms with Crippen molar-refractivity contribution in [3.8, 4) is 0 Å². The molecular formula is C69H124NO8P. The van der Waals surface area contributed by atoms with Gasteiger partial charge in [0.1, 0.15) is 6.61 Å². The normalized spacial score (nSPS) is 13.5. The number of unbranched alkanes of at least 4 members (excludes halogenated alkanes) is 35. The third-order valence-corrected chi connectivity index (χ3v) is 15.2. The van der Waals surface area contributed by atoms with E-state index in [1.54, 1.807) is 0 Å². The molecule has 0 aliphatic rings. The molecule has 0 spiro atoms. The molecule has 0 bridgehead atoms. The number of ether oxygens (including phenoxy) is 2. The van der Waals surface area contributed by atoms with Gasteiger partial charge in [-0.25, -0.2) is 4.57 Å². The number of allylic oxidation sites excluding steroid dienone is 14. The molecule has 0 rings (SSSR count). The third kappa shape index (κ3) is 64.2. The molecule has 0 aromatic heterocycles. The van der Waals surface area contributed by atoms with E-state index in [1.165, 1.54) is 186 Å². The minimum atomic E-state index is -4.40. The van der Waals surface area contributed by atoms with Gasteiger partial charge in [0.15, 0.2) is 6.10 Å². The quantitative estimate of drug-likeness (QED) is 0.0264. The molecule has 0 aliphatic carbocycles. The Morgan fingerprint density at radius 1 is 0.392 bits per heavy atom. The first kappa shape index (κ1) is 76.2. The Hall–Kier alpha value is -2.81. The van der Waals surface area contributed by atoms with Gasteiger partial charge in [-0.3, -0.25) is 18.6 Å². The number of rotatable bonds is 62. The van der Waals surface area contributed by atoms with E-state index in [0.717, 1.165) is 89.9 Å². The Bertz CT molecular complexity index is 1570. The number of carbonyl (C=O) groups excluding carboxylic acids is 2. The van der Waals surface area contributed by atoms with E-state index in [0.29, 0.717) is 6.42 Å². The molecule has 3 N–H and O–H groups in total. The van der Waals surface area contributed by atoms with E-state index in [1.807, 2.05) is 0 Å². The lowest BCUT2D eigenvalue weighted by molar-refractivity contribution is -0.161. The lowest BCUT2D eigenvalue weighted by Crippen LogP contribution is -2.29. The average molecular weight is 1130 g/mol. The molecule has 0 aliphatic heterocycles. The van der Waals surface area contributed by atoms with Crippen LogP contribution in [0.4, 0.5) is 0 Å². The van der Waals surface area contributed by atoms with Crippen LogP contribution in [-0.2, 0) is 32.7 Å². The Morgan fingerprint density at radius 2 is 0.696 bits per heavy atom. The molecule has 458 valence electrons. The van der Waals surface area contributed by atoms with Gasteiger partial charge >= 0.3 is 19.8 Å². The summed E-state index contributed by atoms with van der Waals surface area (Å²) in [7, 11) is -4.40. The highest BCUT2D eigenvalue weighted by Crippen LogP contribution is 2.43. The summed E-state index contributed by atoms with van der Waals surface area (Å²) < 4.78 is 33.1. The van der Waals surface area contributed by atoms with Gasteiger partial charge in [-0.2, -0.15) is 0 Å². The fourth-order valence-electron chi connectivity index (χ4n) is 9.40. The molecule has 2 atom stereocenters. The van der Waals surface area contributed by atoms with Crippen molar-refractivity contribution in [1.82, 2.24) is 0 Å². The summed E-state index contributed by atoms with van der Waals surface area (Å²) in [6, 6.07) is 0. The Kier molecular flexibility index (Phi) is 62.1. The van der Waals surface area contributed by atoms with E-state index >= 15 is 0 Å². The van der Waals surface area contributed by atoms with E-state index < -0.39 is 26.5 Å². The largest absolute Gasteiger partial charge is 0.472 e. The molecular weight excluding hydrogens is 1000 g/mol. The van der Waals surface area contributed by atoms with Crippen molar-refractivity contribution in [3.05, 3.63) is 85.1 Å². The van der Waals surface area contributed by atoms with Gasteiger partial charge in [0.2, 0.25) is 0 Å². The van der Waals surface area contributed by atoms with Crippen LogP contribution in [-0.4, -0.2) is 49.3 Å². The van der Waals surface area contributed by atoms with Crippen molar-refractivity contribution in [1.29, 1.82) is 0 Å². The van der Waals surface area contributed by atoms with Crippen LogP contribution in [0.5, 0.6) is 0 Å². The maximum atomic E-state index is 12.7. The summed E-state index contributed by atoms with van der Waals surface area (Å²) >= 11 is 0. The van der Waals surface area contributed by atoms with Crippen LogP contribution in [0.1, 0.15) is 309 Å². The fraction of sp³-hybridized carbons (Fsp3) is 0.768. The SMILES string of the molecule is CC/C=C\C/C=C\C/C=C\C/C=C\CCCCCCCCCCCCCCCCCCCCCCCCCCC(=O)OC(COC(=O)CCCCCCCC/C=C\C/C=C\C/C=C\CCCCCCC)COP(=O)(O)OCCN. The first-order valence-electron chi connectivity index (χ1n) is 33.1. The summed E-state index contributed by atoms with van der Waals surface area (Å²) in [5, 5.41) is 0. The smallest absolute Gasteiger partial charge is 0.462 e. The first-order chi connectivity index (χ1) is 38.8. The zero-order chi connectivity index (χ0) is 57.3. The second-order valence-electron chi connectivity index (χ2n) is 22.0. The molecule has 0 amide bonds. The molecule has 79 heavy (non-hydrogen) atoms. The van der Waals surface area contributed by atoms with Crippen molar-refractivity contribution >= 4 is 19.8 Å². The standard InChI is InChI=1S/C69H124NO8P/c1-3-5-7-9-11-13-15-17-19-21-23-25-26-27-28-29-30-31-32-33-34-35-36-37-38-39-40-42-44-46-48-50-52-54-56-58-60-62-69(72)78-67(66-77-79(73,74)76-64-63-70)65-75-68(71)61-59-57-55-53-51-49-47-45-43-41-24-22-20-18-16-14-12-10-8-6-4-2/h5,7,11,13,16-19,22-25,43,45,67H,3-4,6,8-10,12,14-15,20-21,26-42,44,46-66,70H2,1-2H3,(H,73,74)/b7-5-,13-11-,18-16-,19-17-,24-22-,25-23-,45-43-. The summed E-state index contributed by atoms with van der Waals surface area (Å²) in [5.41, 5.74) is 5.39. The van der Waals surface area contributed by atoms with Crippen LogP contribution in [0.2, 0.25) is 0 Å². The van der Waals surface area contributed by atoms with Crippen LogP contribution < -0.4 is 5.73 Å². The van der Waals surface area contributed by atoms with Crippen LogP contribution in [0.15, 0.2) is 85.1 Å². The maximum absolute atomic E-state index is 12.7. The monoisotopic (exact) mass is 1130 g/mol. The highest BCUT2D eigenvalue weighted by Gasteiger charge is 2.26. The summed E-state index contributed by atoms with van der Waals surface area (Å²) in [4.78, 5) is 35.3. The summed E-state index contributed by atoms with van der Waals surface area (Å²) in [6.45, 7) is 3.64. The number of nitrogens with two attached hydrogens (primary N) is 1. The summed E-state index contributed by atoms with van der Waals surface area (Å²) in [5.74, 6) is -0.832. The molecule has 0 saturated carbocycles. The number of esters is 2. The first-order valence-corrected chi connectivity index (χ1v) is 34.6. The fourth-order valence-corrected chi connectivity index (χ4v) is 10.2. The van der Waals surface area contributed by atoms with Gasteiger partial charge < -0.3 is 20.1 Å². The molecule has 9 nitrogen and oxygen atoms in total. The van der Waals surface area contributed by atoms with Crippen molar-refractivity contribution in [2.75, 3.05) is 26.4 Å². The molecule has 0 aromatic rings. The minimum absolute atomic E-state index is 0.0502. The van der Waals surface area contributed by atoms with E-state index in [9.17, 15) is 19.0 Å². The van der Waals surface area contributed by atoms with Crippen molar-refractivity contribution < 1.29 is 37.6 Å². The van der Waals surface area contributed by atoms with Crippen molar-refractivity contribution in [2.24, 2.45) is 5.73 Å². The topological polar surface area (TPSA) is 134 Å².